The van der Waals surface area contributed by atoms with Crippen molar-refractivity contribution in [1.29, 1.82) is 0 Å². The second kappa shape index (κ2) is 5.08. The zero-order valence-electron chi connectivity index (χ0n) is 11.1. The van der Waals surface area contributed by atoms with Gasteiger partial charge in [0.05, 0.1) is 10.2 Å². The number of hydrogen-bond donors (Lipinski definition) is 0. The van der Waals surface area contributed by atoms with Crippen molar-refractivity contribution >= 4 is 39.5 Å². The van der Waals surface area contributed by atoms with Gasteiger partial charge in [-0.2, -0.15) is 0 Å². The fraction of sp³-hybridized carbons (Fsp3) is 0.308. The molecule has 0 saturated heterocycles. The van der Waals surface area contributed by atoms with Crippen molar-refractivity contribution in [2.24, 2.45) is 0 Å². The molecule has 0 aliphatic heterocycles. The van der Waals surface area contributed by atoms with Crippen LogP contribution in [0.2, 0.25) is 19.6 Å². The van der Waals surface area contributed by atoms with Crippen LogP contribution in [0.1, 0.15) is 0 Å². The van der Waals surface area contributed by atoms with Crippen LogP contribution in [0.4, 0.5) is 0 Å². The first kappa shape index (κ1) is 14.3. The molecule has 2 aromatic rings. The molecule has 0 unspecified atom stereocenters. The number of sulfone groups is 1. The lowest BCUT2D eigenvalue weighted by Crippen LogP contribution is -2.17. The minimum absolute atomic E-state index is 0.142. The lowest BCUT2D eigenvalue weighted by Gasteiger charge is -2.03. The minimum atomic E-state index is -3.39. The highest BCUT2D eigenvalue weighted by atomic mass is 32.2. The zero-order chi connectivity index (χ0) is 14.1. The predicted molar refractivity (Wildman–Crippen MR) is 82.8 cm³/mol. The van der Waals surface area contributed by atoms with Gasteiger partial charge in [0.1, 0.15) is 13.8 Å². The second-order valence-electron chi connectivity index (χ2n) is 5.26. The molecule has 19 heavy (non-hydrogen) atoms. The van der Waals surface area contributed by atoms with Crippen LogP contribution in [0.5, 0.6) is 0 Å². The normalized spacial score (nSPS) is 12.2. The van der Waals surface area contributed by atoms with Gasteiger partial charge in [-0.05, 0) is 12.1 Å². The van der Waals surface area contributed by atoms with Crippen molar-refractivity contribution in [2.75, 3.05) is 5.75 Å². The minimum Gasteiger partial charge on any atom is -0.225 e. The highest BCUT2D eigenvalue weighted by Crippen LogP contribution is 2.25. The van der Waals surface area contributed by atoms with Gasteiger partial charge in [-0.1, -0.05) is 37.7 Å². The Kier molecular flexibility index (Phi) is 3.81. The molecule has 0 spiro atoms. The molecule has 1 aromatic carbocycles. The third-order valence-corrected chi connectivity index (χ3v) is 6.18. The highest BCUT2D eigenvalue weighted by molar-refractivity contribution is 7.93. The molecule has 6 heteroatoms. The molecule has 0 radical (unpaired) electrons. The Hall–Kier alpha value is -1.16. The molecule has 0 aliphatic carbocycles. The molecule has 100 valence electrons. The van der Waals surface area contributed by atoms with Crippen LogP contribution < -0.4 is 0 Å². The zero-order valence-corrected chi connectivity index (χ0v) is 13.7. The van der Waals surface area contributed by atoms with Crippen molar-refractivity contribution in [2.45, 2.75) is 24.0 Å². The third-order valence-electron chi connectivity index (χ3n) is 2.27. The van der Waals surface area contributed by atoms with Crippen molar-refractivity contribution < 1.29 is 8.42 Å². The summed E-state index contributed by atoms with van der Waals surface area (Å²) in [5, 5.41) is 0. The van der Waals surface area contributed by atoms with Crippen LogP contribution >= 0.6 is 11.3 Å². The standard InChI is InChI=1S/C13H15NO2S2Si/c1-19(2,3)10-6-9-18(15,16)13-14-11-7-4-5-8-12(11)17-13/h4-5,7-8H,9H2,1-3H3. The summed E-state index contributed by atoms with van der Waals surface area (Å²) in [6.45, 7) is 6.26. The number of para-hydroxylation sites is 1. The van der Waals surface area contributed by atoms with Gasteiger partial charge < -0.3 is 0 Å². The summed E-state index contributed by atoms with van der Waals surface area (Å²) in [6.07, 6.45) is 0. The largest absolute Gasteiger partial charge is 0.225 e. The van der Waals surface area contributed by atoms with Gasteiger partial charge in [0.2, 0.25) is 14.2 Å². The maximum absolute atomic E-state index is 12.1. The van der Waals surface area contributed by atoms with Crippen molar-refractivity contribution in [3.63, 3.8) is 0 Å². The van der Waals surface area contributed by atoms with Gasteiger partial charge in [-0.15, -0.1) is 16.9 Å². The lowest BCUT2D eigenvalue weighted by molar-refractivity contribution is 0.599. The summed E-state index contributed by atoms with van der Waals surface area (Å²) in [5.41, 5.74) is 3.79. The maximum atomic E-state index is 12.1. The van der Waals surface area contributed by atoms with Crippen molar-refractivity contribution in [1.82, 2.24) is 4.98 Å². The Bertz CT molecular complexity index is 728. The monoisotopic (exact) mass is 309 g/mol. The Labute approximate surface area is 118 Å². The highest BCUT2D eigenvalue weighted by Gasteiger charge is 2.18. The van der Waals surface area contributed by atoms with Crippen LogP contribution in [0, 0.1) is 11.5 Å². The smallest absolute Gasteiger partial charge is 0.216 e. The van der Waals surface area contributed by atoms with Gasteiger partial charge in [-0.25, -0.2) is 13.4 Å². The van der Waals surface area contributed by atoms with E-state index in [9.17, 15) is 8.42 Å². The molecule has 2 rings (SSSR count). The maximum Gasteiger partial charge on any atom is 0.216 e. The summed E-state index contributed by atoms with van der Waals surface area (Å²) in [6, 6.07) is 7.42. The number of fused-ring (bicyclic) bond motifs is 1. The first-order chi connectivity index (χ1) is 8.78. The summed E-state index contributed by atoms with van der Waals surface area (Å²) in [4.78, 5) is 4.17. The van der Waals surface area contributed by atoms with E-state index in [-0.39, 0.29) is 10.1 Å². The predicted octanol–water partition coefficient (Wildman–Crippen LogP) is 2.95. The van der Waals surface area contributed by atoms with E-state index in [0.717, 1.165) is 10.2 Å². The molecular weight excluding hydrogens is 294 g/mol. The van der Waals surface area contributed by atoms with E-state index < -0.39 is 17.9 Å². The molecule has 0 saturated carbocycles. The molecule has 0 atom stereocenters. The van der Waals surface area contributed by atoms with Crippen LogP contribution in [-0.2, 0) is 9.84 Å². The number of nitrogens with zero attached hydrogens (tertiary/aromatic N) is 1. The van der Waals surface area contributed by atoms with Crippen LogP contribution in [0.15, 0.2) is 28.6 Å². The molecular formula is C13H15NO2S2Si. The van der Waals surface area contributed by atoms with Crippen LogP contribution in [-0.4, -0.2) is 27.2 Å². The van der Waals surface area contributed by atoms with E-state index in [0.29, 0.717) is 0 Å². The first-order valence-corrected chi connectivity index (χ1v) is 11.8. The summed E-state index contributed by atoms with van der Waals surface area (Å²) in [7, 11) is -4.92. The van der Waals surface area contributed by atoms with E-state index in [2.05, 4.69) is 36.1 Å². The first-order valence-electron chi connectivity index (χ1n) is 5.86. The fourth-order valence-corrected chi connectivity index (χ4v) is 4.46. The molecule has 0 fully saturated rings. The molecule has 3 nitrogen and oxygen atoms in total. The number of rotatable bonds is 2. The van der Waals surface area contributed by atoms with Gasteiger partial charge in [0, 0.05) is 0 Å². The SMILES string of the molecule is C[Si](C)(C)C#CCS(=O)(=O)c1nc2ccccc2s1. The second-order valence-corrected chi connectivity index (χ2v) is 13.2. The van der Waals surface area contributed by atoms with E-state index in [1.54, 1.807) is 0 Å². The van der Waals surface area contributed by atoms with E-state index in [1.807, 2.05) is 24.3 Å². The van der Waals surface area contributed by atoms with E-state index in [4.69, 9.17) is 0 Å². The van der Waals surface area contributed by atoms with Crippen molar-refractivity contribution in [3.05, 3.63) is 24.3 Å². The molecule has 1 aromatic heterocycles. The van der Waals surface area contributed by atoms with E-state index >= 15 is 0 Å². The lowest BCUT2D eigenvalue weighted by atomic mass is 10.3. The number of thiazole rings is 1. The molecule has 0 bridgehead atoms. The summed E-state index contributed by atoms with van der Waals surface area (Å²) in [5.74, 6) is 2.66. The fourth-order valence-electron chi connectivity index (χ4n) is 1.44. The molecule has 1 heterocycles. The van der Waals surface area contributed by atoms with Gasteiger partial charge in [0.15, 0.2) is 0 Å². The topological polar surface area (TPSA) is 47.0 Å². The van der Waals surface area contributed by atoms with Gasteiger partial charge in [0.25, 0.3) is 0 Å². The Balaban J connectivity index is 2.31. The number of benzene rings is 1. The average molecular weight is 309 g/mol. The molecule has 0 N–H and O–H groups in total. The van der Waals surface area contributed by atoms with E-state index in [1.165, 1.54) is 11.3 Å². The number of aromatic nitrogens is 1. The average Bonchev–Trinajstić information content (AvgIpc) is 2.71. The summed E-state index contributed by atoms with van der Waals surface area (Å²) < 4.78 is 25.4. The Morgan fingerprint density at radius 3 is 2.58 bits per heavy atom. The molecule has 0 amide bonds. The van der Waals surface area contributed by atoms with Gasteiger partial charge in [-0.3, -0.25) is 0 Å². The number of hydrogen-bond acceptors (Lipinski definition) is 4. The van der Waals surface area contributed by atoms with Crippen molar-refractivity contribution in [3.8, 4) is 11.5 Å². The summed E-state index contributed by atoms with van der Waals surface area (Å²) >= 11 is 1.21. The third kappa shape index (κ3) is 3.66. The van der Waals surface area contributed by atoms with Crippen LogP contribution in [0.25, 0.3) is 10.2 Å². The van der Waals surface area contributed by atoms with Gasteiger partial charge >= 0.3 is 0 Å². The Morgan fingerprint density at radius 1 is 1.26 bits per heavy atom. The van der Waals surface area contributed by atoms with Crippen LogP contribution in [0.3, 0.4) is 0 Å². The molecule has 0 aliphatic rings. The quantitative estimate of drug-likeness (QED) is 0.633. The Morgan fingerprint density at radius 2 is 1.95 bits per heavy atom.